The van der Waals surface area contributed by atoms with Gasteiger partial charge in [-0.05, 0) is 12.8 Å². The number of hydrogen-bond donors (Lipinski definition) is 5. The van der Waals surface area contributed by atoms with Gasteiger partial charge in [-0.3, -0.25) is 4.55 Å². The molecule has 1 aliphatic heterocycles. The summed E-state index contributed by atoms with van der Waals surface area (Å²) in [5.41, 5.74) is -1.11. The van der Waals surface area contributed by atoms with Gasteiger partial charge in [0.05, 0.1) is 6.61 Å². The van der Waals surface area contributed by atoms with Crippen molar-refractivity contribution in [3.8, 4) is 0 Å². The lowest BCUT2D eigenvalue weighted by atomic mass is 10.0. The van der Waals surface area contributed by atoms with Gasteiger partial charge < -0.3 is 25.2 Å². The van der Waals surface area contributed by atoms with Crippen molar-refractivity contribution in [2.45, 2.75) is 75.3 Å². The summed E-state index contributed by atoms with van der Waals surface area (Å²) in [5.74, 6) is 0. The average Bonchev–Trinajstić information content (AvgIpc) is 2.58. The van der Waals surface area contributed by atoms with Crippen LogP contribution in [0.4, 0.5) is 0 Å². The van der Waals surface area contributed by atoms with Gasteiger partial charge in [0.25, 0.3) is 0 Å². The van der Waals surface area contributed by atoms with E-state index in [0.717, 1.165) is 37.4 Å². The Kier molecular flexibility index (Phi) is 10.3. The summed E-state index contributed by atoms with van der Waals surface area (Å²) in [4.78, 5) is 0. The topological polar surface area (TPSA) is 166 Å². The van der Waals surface area contributed by atoms with Gasteiger partial charge in [0.15, 0.2) is 0 Å². The van der Waals surface area contributed by atoms with Crippen LogP contribution in [0, 0.1) is 0 Å². The van der Waals surface area contributed by atoms with Gasteiger partial charge >= 0.3 is 10.4 Å². The van der Waals surface area contributed by atoms with E-state index < -0.39 is 46.9 Å². The molecule has 0 aromatic rings. The predicted octanol–water partition coefficient (Wildman–Crippen LogP) is 0.0129. The van der Waals surface area contributed by atoms with Crippen molar-refractivity contribution in [3.63, 3.8) is 0 Å². The number of aliphatic hydroxyl groups excluding tert-OH is 4. The van der Waals surface area contributed by atoms with Crippen LogP contribution < -0.4 is 0 Å². The summed E-state index contributed by atoms with van der Waals surface area (Å²) < 4.78 is 39.5. The van der Waals surface area contributed by atoms with E-state index in [2.05, 4.69) is 16.4 Å². The highest BCUT2D eigenvalue weighted by Crippen LogP contribution is 2.30. The van der Waals surface area contributed by atoms with E-state index in [0.29, 0.717) is 12.8 Å². The molecule has 5 atom stereocenters. The average molecular weight is 418 g/mol. The number of rotatable bonds is 10. The van der Waals surface area contributed by atoms with Crippen molar-refractivity contribution in [2.75, 3.05) is 6.61 Å². The van der Waals surface area contributed by atoms with Crippen molar-refractivity contribution in [2.24, 2.45) is 5.16 Å². The molecular formula is C14H27NO9S2. The van der Waals surface area contributed by atoms with Crippen LogP contribution in [0.25, 0.3) is 0 Å². The lowest BCUT2D eigenvalue weighted by Gasteiger charge is -2.39. The highest BCUT2D eigenvalue weighted by atomic mass is 32.3. The van der Waals surface area contributed by atoms with Gasteiger partial charge in [0.1, 0.15) is 34.9 Å². The van der Waals surface area contributed by atoms with Crippen LogP contribution >= 0.6 is 11.8 Å². The molecule has 0 aromatic heterocycles. The van der Waals surface area contributed by atoms with Crippen LogP contribution in [0.1, 0.15) is 45.4 Å². The minimum absolute atomic E-state index is 0.128. The van der Waals surface area contributed by atoms with E-state index in [1.54, 1.807) is 0 Å². The van der Waals surface area contributed by atoms with E-state index in [1.807, 2.05) is 0 Å². The third-order valence-electron chi connectivity index (χ3n) is 3.83. The lowest BCUT2D eigenvalue weighted by molar-refractivity contribution is -0.205. The van der Waals surface area contributed by atoms with Crippen molar-refractivity contribution in [3.05, 3.63) is 0 Å². The zero-order valence-corrected chi connectivity index (χ0v) is 16.1. The number of thioether (sulfide) groups is 1. The second-order valence-electron chi connectivity index (χ2n) is 5.97. The van der Waals surface area contributed by atoms with Gasteiger partial charge in [-0.2, -0.15) is 8.42 Å². The fourth-order valence-electron chi connectivity index (χ4n) is 2.39. The molecule has 1 heterocycles. The van der Waals surface area contributed by atoms with Crippen LogP contribution in [0.5, 0.6) is 0 Å². The summed E-state index contributed by atoms with van der Waals surface area (Å²) >= 11 is 0.798. The minimum Gasteiger partial charge on any atom is -0.394 e. The molecule has 0 radical (unpaired) electrons. The molecule has 0 aliphatic carbocycles. The Morgan fingerprint density at radius 2 is 1.77 bits per heavy atom. The summed E-state index contributed by atoms with van der Waals surface area (Å²) in [6.45, 7) is 1.49. The molecule has 5 N–H and O–H groups in total. The zero-order valence-electron chi connectivity index (χ0n) is 14.5. The smallest absolute Gasteiger partial charge is 0.394 e. The van der Waals surface area contributed by atoms with E-state index in [4.69, 9.17) is 9.29 Å². The molecule has 0 bridgehead atoms. The van der Waals surface area contributed by atoms with Gasteiger partial charge in [0, 0.05) is 0 Å². The van der Waals surface area contributed by atoms with Crippen molar-refractivity contribution in [1.82, 2.24) is 0 Å². The van der Waals surface area contributed by atoms with Gasteiger partial charge in [-0.15, -0.1) is 0 Å². The summed E-state index contributed by atoms with van der Waals surface area (Å²) in [5, 5.41) is 42.3. The Balaban J connectivity index is 2.76. The predicted molar refractivity (Wildman–Crippen MR) is 94.8 cm³/mol. The molecule has 0 spiro atoms. The Bertz CT molecular complexity index is 541. The van der Waals surface area contributed by atoms with Gasteiger partial charge in [-0.25, -0.2) is 4.28 Å². The largest absolute Gasteiger partial charge is 0.466 e. The van der Waals surface area contributed by atoms with E-state index >= 15 is 0 Å². The number of hydrogen-bond acceptors (Lipinski definition) is 10. The lowest BCUT2D eigenvalue weighted by Crippen LogP contribution is -2.57. The third-order valence-corrected chi connectivity index (χ3v) is 5.26. The number of aliphatic hydroxyl groups is 4. The monoisotopic (exact) mass is 417 g/mol. The van der Waals surface area contributed by atoms with E-state index in [1.165, 1.54) is 0 Å². The molecule has 0 aromatic carbocycles. The minimum atomic E-state index is -4.78. The fourth-order valence-corrected chi connectivity index (χ4v) is 3.73. The maximum atomic E-state index is 10.7. The van der Waals surface area contributed by atoms with Gasteiger partial charge in [0.2, 0.25) is 0 Å². The molecule has 154 valence electrons. The first kappa shape index (κ1) is 23.6. The number of oxime groups is 1. The molecule has 0 amide bonds. The summed E-state index contributed by atoms with van der Waals surface area (Å²) in [7, 11) is -4.78. The molecule has 1 saturated heterocycles. The Labute approximate surface area is 157 Å². The highest BCUT2D eigenvalue weighted by molar-refractivity contribution is 8.14. The Hall–Kier alpha value is -0.470. The standard InChI is InChI=1S/C14H27NO9S2/c1-2-3-4-5-6-7-10(15-24-26(20,21)22)25-14-13(19)12(18)11(17)9(8-16)23-14/h9,11-14,16-19H,2-8H2,1H3,(H,20,21,22)/b15-10-/t9-,11-,12+,13-,14+/m1/s1. The summed E-state index contributed by atoms with van der Waals surface area (Å²) in [6, 6.07) is 0. The molecule has 1 aliphatic rings. The summed E-state index contributed by atoms with van der Waals surface area (Å²) in [6.07, 6.45) is -0.658. The van der Waals surface area contributed by atoms with Gasteiger partial charge in [-0.1, -0.05) is 49.5 Å². The Morgan fingerprint density at radius 3 is 2.35 bits per heavy atom. The van der Waals surface area contributed by atoms with E-state index in [-0.39, 0.29) is 5.04 Å². The second-order valence-corrected chi connectivity index (χ2v) is 8.14. The first-order chi connectivity index (χ1) is 12.2. The molecule has 26 heavy (non-hydrogen) atoms. The van der Waals surface area contributed by atoms with Crippen molar-refractivity contribution >= 4 is 27.2 Å². The van der Waals surface area contributed by atoms with Crippen LogP contribution in [0.3, 0.4) is 0 Å². The van der Waals surface area contributed by atoms with Crippen LogP contribution in [-0.2, 0) is 19.4 Å². The molecule has 1 rings (SSSR count). The van der Waals surface area contributed by atoms with E-state index in [9.17, 15) is 28.8 Å². The maximum Gasteiger partial charge on any atom is 0.466 e. The SMILES string of the molecule is CCCCCCC/C(=N/OS(=O)(=O)O)S[C@@H]1O[C@H](CO)[C@@H](O)[C@H](O)[C@H]1O. The quantitative estimate of drug-likeness (QED) is 0.107. The molecule has 0 unspecified atom stereocenters. The molecular weight excluding hydrogens is 390 g/mol. The van der Waals surface area contributed by atoms with Crippen LogP contribution in [-0.4, -0.2) is 74.9 Å². The highest BCUT2D eigenvalue weighted by Gasteiger charge is 2.44. The van der Waals surface area contributed by atoms with Crippen molar-refractivity contribution in [1.29, 1.82) is 0 Å². The Morgan fingerprint density at radius 1 is 1.12 bits per heavy atom. The van der Waals surface area contributed by atoms with Crippen LogP contribution in [0.2, 0.25) is 0 Å². The zero-order chi connectivity index (χ0) is 19.7. The van der Waals surface area contributed by atoms with Crippen molar-refractivity contribution < 1.29 is 42.4 Å². The number of ether oxygens (including phenoxy) is 1. The molecule has 1 fully saturated rings. The molecule has 10 nitrogen and oxygen atoms in total. The first-order valence-electron chi connectivity index (χ1n) is 8.39. The molecule has 12 heteroatoms. The number of unbranched alkanes of at least 4 members (excludes halogenated alkanes) is 4. The maximum absolute atomic E-state index is 10.7. The first-order valence-corrected chi connectivity index (χ1v) is 10.6. The second kappa shape index (κ2) is 11.4. The van der Waals surface area contributed by atoms with Crippen LogP contribution in [0.15, 0.2) is 5.16 Å². The number of nitrogens with zero attached hydrogens (tertiary/aromatic N) is 1. The fraction of sp³-hybridized carbons (Fsp3) is 0.929. The third kappa shape index (κ3) is 8.05. The molecule has 0 saturated carbocycles. The normalized spacial score (nSPS) is 30.4.